The Bertz CT molecular complexity index is 715. The number of nitrogens with one attached hydrogen (secondary N) is 1. The van der Waals surface area contributed by atoms with Crippen LogP contribution in [0.3, 0.4) is 0 Å². The van der Waals surface area contributed by atoms with E-state index in [0.717, 1.165) is 0 Å². The average Bonchev–Trinajstić information content (AvgIpc) is 2.89. The fourth-order valence-corrected chi connectivity index (χ4v) is 3.01. The molecule has 2 aromatic heterocycles. The van der Waals surface area contributed by atoms with E-state index in [-0.39, 0.29) is 11.4 Å². The van der Waals surface area contributed by atoms with E-state index in [2.05, 4.69) is 26.5 Å². The SMILES string of the molecule is NCC#Cc1cncc(S(=O)(=O)Nc2nccs2)c1. The normalized spacial score (nSPS) is 10.6. The summed E-state index contributed by atoms with van der Waals surface area (Å²) >= 11 is 1.20. The lowest BCUT2D eigenvalue weighted by Crippen LogP contribution is -2.13. The number of aromatic nitrogens is 2. The summed E-state index contributed by atoms with van der Waals surface area (Å²) in [6.45, 7) is 0.203. The minimum Gasteiger partial charge on any atom is -0.320 e. The van der Waals surface area contributed by atoms with E-state index >= 15 is 0 Å². The molecule has 0 aliphatic rings. The van der Waals surface area contributed by atoms with Crippen molar-refractivity contribution in [2.45, 2.75) is 4.90 Å². The van der Waals surface area contributed by atoms with E-state index in [4.69, 9.17) is 5.73 Å². The largest absolute Gasteiger partial charge is 0.320 e. The second-order valence-electron chi connectivity index (χ2n) is 3.36. The molecule has 0 fully saturated rings. The standard InChI is InChI=1S/C11H10N4O2S2/c12-3-1-2-9-6-10(8-13-7-9)19(16,17)15-11-14-4-5-18-11/h4-8H,3,12H2,(H,14,15). The van der Waals surface area contributed by atoms with Crippen LogP contribution in [0.5, 0.6) is 0 Å². The highest BCUT2D eigenvalue weighted by Crippen LogP contribution is 2.17. The highest BCUT2D eigenvalue weighted by Gasteiger charge is 2.16. The number of rotatable bonds is 3. The smallest absolute Gasteiger partial charge is 0.265 e. The molecule has 0 saturated carbocycles. The van der Waals surface area contributed by atoms with E-state index in [0.29, 0.717) is 10.7 Å². The number of sulfonamides is 1. The first-order valence-electron chi connectivity index (χ1n) is 5.18. The molecule has 0 spiro atoms. The van der Waals surface area contributed by atoms with E-state index < -0.39 is 10.0 Å². The van der Waals surface area contributed by atoms with Crippen molar-refractivity contribution in [3.8, 4) is 11.8 Å². The molecular weight excluding hydrogens is 284 g/mol. The van der Waals surface area contributed by atoms with Crippen LogP contribution in [0.15, 0.2) is 34.9 Å². The van der Waals surface area contributed by atoms with Crippen LogP contribution in [0.2, 0.25) is 0 Å². The molecular formula is C11H10N4O2S2. The van der Waals surface area contributed by atoms with Gasteiger partial charge in [0, 0.05) is 29.5 Å². The maximum Gasteiger partial charge on any atom is 0.265 e. The fourth-order valence-electron chi connectivity index (χ4n) is 1.23. The van der Waals surface area contributed by atoms with Crippen molar-refractivity contribution >= 4 is 26.5 Å². The number of pyridine rings is 1. The average molecular weight is 294 g/mol. The quantitative estimate of drug-likeness (QED) is 0.810. The predicted octanol–water partition coefficient (Wildman–Crippen LogP) is 0.649. The van der Waals surface area contributed by atoms with E-state index in [1.54, 1.807) is 5.38 Å². The van der Waals surface area contributed by atoms with Gasteiger partial charge in [-0.2, -0.15) is 0 Å². The van der Waals surface area contributed by atoms with Crippen LogP contribution >= 0.6 is 11.3 Å². The Kier molecular flexibility index (Phi) is 4.11. The lowest BCUT2D eigenvalue weighted by molar-refractivity contribution is 0.600. The zero-order valence-corrected chi connectivity index (χ0v) is 11.3. The van der Waals surface area contributed by atoms with E-state index in [1.165, 1.54) is 36.0 Å². The summed E-state index contributed by atoms with van der Waals surface area (Å²) in [5, 5.41) is 1.98. The molecule has 0 aliphatic heterocycles. The molecule has 2 heterocycles. The van der Waals surface area contributed by atoms with Crippen LogP contribution in [-0.4, -0.2) is 24.9 Å². The summed E-state index contributed by atoms with van der Waals surface area (Å²) < 4.78 is 26.5. The van der Waals surface area contributed by atoms with Gasteiger partial charge in [0.05, 0.1) is 6.54 Å². The first kappa shape index (κ1) is 13.5. The van der Waals surface area contributed by atoms with Gasteiger partial charge in [-0.3, -0.25) is 9.71 Å². The number of nitrogens with zero attached hydrogens (tertiary/aromatic N) is 2. The van der Waals surface area contributed by atoms with E-state index in [1.807, 2.05) is 0 Å². The minimum atomic E-state index is -3.69. The van der Waals surface area contributed by atoms with Crippen LogP contribution in [0.1, 0.15) is 5.56 Å². The molecule has 98 valence electrons. The van der Waals surface area contributed by atoms with Gasteiger partial charge in [-0.25, -0.2) is 13.4 Å². The number of hydrogen-bond donors (Lipinski definition) is 2. The van der Waals surface area contributed by atoms with Crippen LogP contribution in [0.25, 0.3) is 0 Å². The van der Waals surface area contributed by atoms with Crippen LogP contribution < -0.4 is 10.5 Å². The Morgan fingerprint density at radius 2 is 2.26 bits per heavy atom. The Morgan fingerprint density at radius 1 is 1.42 bits per heavy atom. The Balaban J connectivity index is 2.30. The van der Waals surface area contributed by atoms with Gasteiger partial charge >= 0.3 is 0 Å². The van der Waals surface area contributed by atoms with E-state index in [9.17, 15) is 8.42 Å². The fraction of sp³-hybridized carbons (Fsp3) is 0.0909. The van der Waals surface area contributed by atoms with Crippen molar-refractivity contribution in [2.24, 2.45) is 5.73 Å². The molecule has 0 aliphatic carbocycles. The highest BCUT2D eigenvalue weighted by molar-refractivity contribution is 7.93. The van der Waals surface area contributed by atoms with Gasteiger partial charge < -0.3 is 5.73 Å². The second-order valence-corrected chi connectivity index (χ2v) is 5.93. The maximum absolute atomic E-state index is 12.1. The van der Waals surface area contributed by atoms with Crippen molar-refractivity contribution in [1.29, 1.82) is 0 Å². The third-order valence-corrected chi connectivity index (χ3v) is 4.14. The maximum atomic E-state index is 12.1. The summed E-state index contributed by atoms with van der Waals surface area (Å²) in [5.41, 5.74) is 5.75. The summed E-state index contributed by atoms with van der Waals surface area (Å²) in [6.07, 6.45) is 4.25. The molecule has 0 atom stereocenters. The van der Waals surface area contributed by atoms with Crippen molar-refractivity contribution in [3.05, 3.63) is 35.6 Å². The topological polar surface area (TPSA) is 98.0 Å². The summed E-state index contributed by atoms with van der Waals surface area (Å²) in [4.78, 5) is 7.75. The molecule has 2 aromatic rings. The molecule has 0 aromatic carbocycles. The van der Waals surface area contributed by atoms with Crippen molar-refractivity contribution in [1.82, 2.24) is 9.97 Å². The Hall–Kier alpha value is -1.95. The third-order valence-electron chi connectivity index (χ3n) is 2.01. The Labute approximate surface area is 114 Å². The van der Waals surface area contributed by atoms with Gasteiger partial charge in [-0.15, -0.1) is 11.3 Å². The monoisotopic (exact) mass is 294 g/mol. The lowest BCUT2D eigenvalue weighted by Gasteiger charge is -2.04. The van der Waals surface area contributed by atoms with Gasteiger partial charge in [0.25, 0.3) is 10.0 Å². The lowest BCUT2D eigenvalue weighted by atomic mass is 10.3. The molecule has 0 unspecified atom stereocenters. The number of hydrogen-bond acceptors (Lipinski definition) is 6. The third kappa shape index (κ3) is 3.51. The molecule has 6 nitrogen and oxygen atoms in total. The van der Waals surface area contributed by atoms with Gasteiger partial charge in [-0.05, 0) is 6.07 Å². The van der Waals surface area contributed by atoms with Gasteiger partial charge in [0.15, 0.2) is 5.13 Å². The van der Waals surface area contributed by atoms with Crippen LogP contribution in [0.4, 0.5) is 5.13 Å². The number of nitrogens with two attached hydrogens (primary N) is 1. The first-order chi connectivity index (χ1) is 9.12. The summed E-state index contributed by atoms with van der Waals surface area (Å²) in [6, 6.07) is 1.44. The van der Waals surface area contributed by atoms with Gasteiger partial charge in [0.2, 0.25) is 0 Å². The molecule has 2 rings (SSSR count). The Morgan fingerprint density at radius 3 is 2.95 bits per heavy atom. The number of anilines is 1. The highest BCUT2D eigenvalue weighted by atomic mass is 32.2. The van der Waals surface area contributed by atoms with Crippen molar-refractivity contribution < 1.29 is 8.42 Å². The first-order valence-corrected chi connectivity index (χ1v) is 7.54. The summed E-state index contributed by atoms with van der Waals surface area (Å²) in [7, 11) is -3.69. The molecule has 0 amide bonds. The minimum absolute atomic E-state index is 0.0338. The van der Waals surface area contributed by atoms with Crippen LogP contribution in [-0.2, 0) is 10.0 Å². The molecule has 0 bridgehead atoms. The van der Waals surface area contributed by atoms with Crippen molar-refractivity contribution in [2.75, 3.05) is 11.3 Å². The molecule has 0 saturated heterocycles. The zero-order chi connectivity index (χ0) is 13.7. The zero-order valence-electron chi connectivity index (χ0n) is 9.70. The predicted molar refractivity (Wildman–Crippen MR) is 73.1 cm³/mol. The van der Waals surface area contributed by atoms with Gasteiger partial charge in [-0.1, -0.05) is 11.8 Å². The molecule has 3 N–H and O–H groups in total. The van der Waals surface area contributed by atoms with Crippen molar-refractivity contribution in [3.63, 3.8) is 0 Å². The molecule has 19 heavy (non-hydrogen) atoms. The second kappa shape index (κ2) is 5.79. The van der Waals surface area contributed by atoms with Crippen LogP contribution in [0, 0.1) is 11.8 Å². The molecule has 8 heteroatoms. The number of thiazole rings is 1. The van der Waals surface area contributed by atoms with Gasteiger partial charge in [0.1, 0.15) is 4.90 Å². The molecule has 0 radical (unpaired) electrons. The summed E-state index contributed by atoms with van der Waals surface area (Å²) in [5.74, 6) is 5.37.